The van der Waals surface area contributed by atoms with E-state index in [4.69, 9.17) is 11.8 Å². The van der Waals surface area contributed by atoms with Gasteiger partial charge in [0.1, 0.15) is 3.64 Å². The molecule has 0 bridgehead atoms. The fourth-order valence-electron chi connectivity index (χ4n) is 0.737. The van der Waals surface area contributed by atoms with E-state index in [0.717, 1.165) is 5.75 Å². The second-order valence-corrected chi connectivity index (χ2v) is 18.2. The molecule has 0 N–H and O–H groups in total. The summed E-state index contributed by atoms with van der Waals surface area (Å²) in [7, 11) is 3.32. The van der Waals surface area contributed by atoms with Gasteiger partial charge in [-0.3, -0.25) is 0 Å². The topological polar surface area (TPSA) is 0 Å². The highest BCUT2D eigenvalue weighted by Gasteiger charge is 2.05. The molecule has 72 valence electrons. The second kappa shape index (κ2) is 5.99. The van der Waals surface area contributed by atoms with Crippen LogP contribution in [-0.2, 0) is 17.6 Å². The summed E-state index contributed by atoms with van der Waals surface area (Å²) in [5.74, 6) is 0.963. The predicted octanol–water partition coefficient (Wildman–Crippen LogP) is 4.65. The Kier molecular flexibility index (Phi) is 5.68. The molecule has 0 aromatic heterocycles. The molecule has 0 saturated carbocycles. The lowest BCUT2D eigenvalue weighted by molar-refractivity contribution is 1.43. The Morgan fingerprint density at radius 3 is 2.38 bits per heavy atom. The van der Waals surface area contributed by atoms with Crippen molar-refractivity contribution < 1.29 is 0 Å². The first-order chi connectivity index (χ1) is 6.08. The average molecular weight is 284 g/mol. The summed E-state index contributed by atoms with van der Waals surface area (Å²) < 4.78 is -1.70. The van der Waals surface area contributed by atoms with Gasteiger partial charge in [-0.05, 0) is 16.0 Å². The van der Waals surface area contributed by atoms with Gasteiger partial charge in [0.25, 0.3) is 0 Å². The maximum absolute atomic E-state index is 5.08. The molecule has 1 rings (SSSR count). The molecule has 0 aliphatic heterocycles. The van der Waals surface area contributed by atoms with Crippen molar-refractivity contribution in [3.63, 3.8) is 0 Å². The van der Waals surface area contributed by atoms with Crippen LogP contribution in [0.5, 0.6) is 0 Å². The summed E-state index contributed by atoms with van der Waals surface area (Å²) in [6.45, 7) is 0. The molecule has 0 spiro atoms. The third-order valence-electron chi connectivity index (χ3n) is 1.22. The molecule has 0 radical (unpaired) electrons. The molecule has 1 aromatic rings. The standard InChI is InChI=1S/C7H9PS5/c9-8(10,11)13-12-6-7-4-2-1-3-5-7/h1-5H,6H2,(H2,9,10,11). The molecule has 6 heteroatoms. The molecule has 0 saturated heterocycles. The molecule has 0 aliphatic rings. The summed E-state index contributed by atoms with van der Waals surface area (Å²) in [6, 6.07) is 10.3. The van der Waals surface area contributed by atoms with Gasteiger partial charge in [-0.1, -0.05) is 52.9 Å². The number of rotatable bonds is 4. The summed E-state index contributed by atoms with van der Waals surface area (Å²) in [5.41, 5.74) is 1.31. The Morgan fingerprint density at radius 2 is 1.85 bits per heavy atom. The summed E-state index contributed by atoms with van der Waals surface area (Å²) >= 11 is 13.5. The maximum atomic E-state index is 5.08. The summed E-state index contributed by atoms with van der Waals surface area (Å²) in [5, 5.41) is 0. The molecule has 0 amide bonds. The van der Waals surface area contributed by atoms with Gasteiger partial charge in [-0.15, -0.1) is 24.5 Å². The van der Waals surface area contributed by atoms with Crippen molar-refractivity contribution >= 4 is 61.2 Å². The number of thiol groups is 2. The lowest BCUT2D eigenvalue weighted by Gasteiger charge is -2.05. The zero-order chi connectivity index (χ0) is 9.73. The minimum atomic E-state index is -1.70. The van der Waals surface area contributed by atoms with E-state index in [1.54, 1.807) is 21.2 Å². The molecule has 13 heavy (non-hydrogen) atoms. The van der Waals surface area contributed by atoms with E-state index in [9.17, 15) is 0 Å². The van der Waals surface area contributed by atoms with Crippen LogP contribution in [0.2, 0.25) is 0 Å². The second-order valence-electron chi connectivity index (χ2n) is 2.31. The van der Waals surface area contributed by atoms with Crippen LogP contribution >= 0.6 is 49.3 Å². The summed E-state index contributed by atoms with van der Waals surface area (Å²) in [6.07, 6.45) is 0. The zero-order valence-corrected chi connectivity index (χ0v) is 11.8. The molecular formula is C7H9PS5. The highest BCUT2D eigenvalue weighted by molar-refractivity contribution is 9.30. The number of benzene rings is 1. The molecule has 0 nitrogen and oxygen atoms in total. The lowest BCUT2D eigenvalue weighted by atomic mass is 10.2. The Bertz CT molecular complexity index is 293. The van der Waals surface area contributed by atoms with E-state index in [1.165, 1.54) is 5.56 Å². The molecule has 0 atom stereocenters. The first-order valence-corrected chi connectivity index (χ1v) is 11.5. The molecule has 0 unspecified atom stereocenters. The van der Waals surface area contributed by atoms with Crippen molar-refractivity contribution in [1.82, 2.24) is 0 Å². The van der Waals surface area contributed by atoms with E-state index < -0.39 is 3.64 Å². The minimum absolute atomic E-state index is 0.963. The smallest absolute Gasteiger partial charge is 0.113 e. The van der Waals surface area contributed by atoms with Gasteiger partial charge in [-0.2, -0.15) is 0 Å². The van der Waals surface area contributed by atoms with Crippen LogP contribution in [-0.4, -0.2) is 0 Å². The predicted molar refractivity (Wildman–Crippen MR) is 77.6 cm³/mol. The van der Waals surface area contributed by atoms with Crippen molar-refractivity contribution in [3.8, 4) is 0 Å². The van der Waals surface area contributed by atoms with Crippen molar-refractivity contribution in [1.29, 1.82) is 0 Å². The Balaban J connectivity index is 2.33. The highest BCUT2D eigenvalue weighted by Crippen LogP contribution is 2.71. The lowest BCUT2D eigenvalue weighted by Crippen LogP contribution is -1.74. The van der Waals surface area contributed by atoms with Crippen LogP contribution in [0.15, 0.2) is 30.3 Å². The van der Waals surface area contributed by atoms with E-state index in [0.29, 0.717) is 0 Å². The first kappa shape index (κ1) is 12.3. The van der Waals surface area contributed by atoms with Gasteiger partial charge in [0.2, 0.25) is 0 Å². The van der Waals surface area contributed by atoms with Gasteiger partial charge < -0.3 is 0 Å². The quantitative estimate of drug-likeness (QED) is 0.469. The van der Waals surface area contributed by atoms with Crippen LogP contribution < -0.4 is 0 Å². The van der Waals surface area contributed by atoms with Gasteiger partial charge in [-0.25, -0.2) is 0 Å². The number of hydrogen-bond donors (Lipinski definition) is 2. The molecular weight excluding hydrogens is 275 g/mol. The fraction of sp³-hybridized carbons (Fsp3) is 0.143. The van der Waals surface area contributed by atoms with Crippen molar-refractivity contribution in [2.24, 2.45) is 0 Å². The fourth-order valence-corrected chi connectivity index (χ4v) is 7.65. The Morgan fingerprint density at radius 1 is 1.23 bits per heavy atom. The zero-order valence-electron chi connectivity index (χ0n) is 6.66. The van der Waals surface area contributed by atoms with Crippen LogP contribution in [0, 0.1) is 0 Å². The average Bonchev–Trinajstić information content (AvgIpc) is 2.04. The normalized spacial score (nSPS) is 11.5. The van der Waals surface area contributed by atoms with Gasteiger partial charge in [0.05, 0.1) is 0 Å². The van der Waals surface area contributed by atoms with E-state index in [1.807, 2.05) is 18.2 Å². The third-order valence-corrected chi connectivity index (χ3v) is 11.2. The minimum Gasteiger partial charge on any atom is -0.121 e. The molecule has 0 aliphatic carbocycles. The first-order valence-electron chi connectivity index (χ1n) is 3.48. The molecule has 1 aromatic carbocycles. The van der Waals surface area contributed by atoms with Crippen LogP contribution in [0.1, 0.15) is 5.56 Å². The van der Waals surface area contributed by atoms with Crippen molar-refractivity contribution in [3.05, 3.63) is 35.9 Å². The van der Waals surface area contributed by atoms with Gasteiger partial charge in [0.15, 0.2) is 0 Å². The van der Waals surface area contributed by atoms with E-state index >= 15 is 0 Å². The van der Waals surface area contributed by atoms with Gasteiger partial charge in [0, 0.05) is 5.75 Å². The highest BCUT2D eigenvalue weighted by atomic mass is 33.6. The van der Waals surface area contributed by atoms with Crippen molar-refractivity contribution in [2.75, 3.05) is 0 Å². The van der Waals surface area contributed by atoms with Crippen LogP contribution in [0.4, 0.5) is 0 Å². The Labute approximate surface area is 102 Å². The van der Waals surface area contributed by atoms with Crippen molar-refractivity contribution in [2.45, 2.75) is 5.75 Å². The van der Waals surface area contributed by atoms with Gasteiger partial charge >= 0.3 is 0 Å². The Hall–Kier alpha value is 1.27. The monoisotopic (exact) mass is 284 g/mol. The van der Waals surface area contributed by atoms with Crippen LogP contribution in [0.3, 0.4) is 0 Å². The van der Waals surface area contributed by atoms with E-state index in [2.05, 4.69) is 36.6 Å². The third kappa shape index (κ3) is 6.37. The summed E-state index contributed by atoms with van der Waals surface area (Å²) in [4.78, 5) is 0. The SMILES string of the molecule is S=P(S)(S)SSCc1ccccc1. The molecule has 0 fully saturated rings. The maximum Gasteiger partial charge on any atom is 0.113 e. The largest absolute Gasteiger partial charge is 0.121 e. The van der Waals surface area contributed by atoms with Crippen LogP contribution in [0.25, 0.3) is 0 Å². The van der Waals surface area contributed by atoms with E-state index in [-0.39, 0.29) is 0 Å². The number of hydrogen-bond acceptors (Lipinski definition) is 3. The molecule has 0 heterocycles.